The first kappa shape index (κ1) is 37.1. The smallest absolute Gasteiger partial charge is 0.399 e. The molecule has 0 spiro atoms. The average molecular weight is 748 g/mol. The van der Waals surface area contributed by atoms with E-state index >= 15 is 8.78 Å². The van der Waals surface area contributed by atoms with Gasteiger partial charge in [0.15, 0.2) is 11.3 Å². The number of rotatable bonds is 9. The van der Waals surface area contributed by atoms with E-state index in [9.17, 15) is 0 Å². The lowest BCUT2D eigenvalue weighted by molar-refractivity contribution is 0.00578. The molecule has 2 aliphatic heterocycles. The number of benzene rings is 2. The van der Waals surface area contributed by atoms with E-state index in [-0.39, 0.29) is 24.7 Å². The molecule has 0 amide bonds. The van der Waals surface area contributed by atoms with E-state index in [0.29, 0.717) is 45.2 Å². The van der Waals surface area contributed by atoms with Gasteiger partial charge in [-0.2, -0.15) is 0 Å². The summed E-state index contributed by atoms with van der Waals surface area (Å²) in [6, 6.07) is 17.7. The van der Waals surface area contributed by atoms with Gasteiger partial charge in [-0.15, -0.1) is 20.4 Å². The van der Waals surface area contributed by atoms with Crippen molar-refractivity contribution >= 4 is 48.4 Å². The second kappa shape index (κ2) is 13.1. The second-order valence-electron chi connectivity index (χ2n) is 16.3. The van der Waals surface area contributed by atoms with Gasteiger partial charge in [0.25, 0.3) is 0 Å². The van der Waals surface area contributed by atoms with Gasteiger partial charge in [0.1, 0.15) is 11.6 Å². The van der Waals surface area contributed by atoms with Gasteiger partial charge in [0.05, 0.1) is 22.4 Å². The van der Waals surface area contributed by atoms with Crippen LogP contribution in [0, 0.1) is 18.6 Å². The number of aryl methyl sites for hydroxylation is 1. The maximum absolute atomic E-state index is 15.4. The number of halogens is 2. The fourth-order valence-electron chi connectivity index (χ4n) is 6.74. The van der Waals surface area contributed by atoms with Crippen LogP contribution in [0.3, 0.4) is 0 Å². The highest BCUT2D eigenvalue weighted by molar-refractivity contribution is 6.62. The van der Waals surface area contributed by atoms with E-state index in [1.54, 1.807) is 12.1 Å². The van der Waals surface area contributed by atoms with Crippen molar-refractivity contribution < 1.29 is 27.4 Å². The lowest BCUT2D eigenvalue weighted by Crippen LogP contribution is -2.41. The first-order valence-corrected chi connectivity index (χ1v) is 18.4. The number of hydrogen-bond acceptors (Lipinski definition) is 10. The predicted molar refractivity (Wildman–Crippen MR) is 209 cm³/mol. The van der Waals surface area contributed by atoms with Gasteiger partial charge >= 0.3 is 14.2 Å². The van der Waals surface area contributed by atoms with Gasteiger partial charge < -0.3 is 29.3 Å². The molecule has 284 valence electrons. The number of aromatic nitrogens is 6. The lowest BCUT2D eigenvalue weighted by atomic mass is 9.78. The lowest BCUT2D eigenvalue weighted by Gasteiger charge is -2.32. The number of hydrogen-bond donors (Lipinski definition) is 2. The normalized spacial score (nSPS) is 18.5. The molecular weight excluding hydrogens is 704 g/mol. The highest BCUT2D eigenvalue weighted by Crippen LogP contribution is 2.38. The number of anilines is 2. The summed E-state index contributed by atoms with van der Waals surface area (Å²) < 4.78 is 58.9. The summed E-state index contributed by atoms with van der Waals surface area (Å²) in [6.07, 6.45) is 1.93. The average Bonchev–Trinajstić information content (AvgIpc) is 3.84. The Hall–Kier alpha value is -4.89. The van der Waals surface area contributed by atoms with E-state index < -0.39 is 36.6 Å². The number of nitrogens with zero attached hydrogens (tertiary/aromatic N) is 6. The van der Waals surface area contributed by atoms with E-state index in [1.165, 1.54) is 12.1 Å². The maximum Gasteiger partial charge on any atom is 0.494 e. The first-order valence-electron chi connectivity index (χ1n) is 18.4. The van der Waals surface area contributed by atoms with Crippen LogP contribution >= 0.6 is 0 Å². The van der Waals surface area contributed by atoms with Crippen molar-refractivity contribution in [2.45, 2.75) is 97.8 Å². The molecule has 0 atom stereocenters. The Kier molecular flexibility index (Phi) is 8.83. The minimum absolute atomic E-state index is 0.184. The molecular formula is C39H44B2F2N8O4. The molecule has 16 heteroatoms. The van der Waals surface area contributed by atoms with E-state index in [4.69, 9.17) is 18.6 Å². The topological polar surface area (TPSA) is 121 Å². The van der Waals surface area contributed by atoms with Crippen molar-refractivity contribution in [3.8, 4) is 11.1 Å². The molecule has 2 N–H and O–H groups in total. The van der Waals surface area contributed by atoms with Crippen LogP contribution in [0.5, 0.6) is 0 Å². The van der Waals surface area contributed by atoms with Gasteiger partial charge in [-0.3, -0.25) is 8.80 Å². The van der Waals surface area contributed by atoms with Gasteiger partial charge in [-0.05, 0) is 110 Å². The van der Waals surface area contributed by atoms with Crippen LogP contribution in [0.25, 0.3) is 22.4 Å². The molecule has 6 aromatic rings. The van der Waals surface area contributed by atoms with Crippen molar-refractivity contribution in [2.24, 2.45) is 0 Å². The molecule has 2 aliphatic rings. The highest BCUT2D eigenvalue weighted by atomic mass is 19.1. The fourth-order valence-corrected chi connectivity index (χ4v) is 6.74. The van der Waals surface area contributed by atoms with Crippen molar-refractivity contribution in [3.63, 3.8) is 0 Å². The molecule has 0 bridgehead atoms. The Morgan fingerprint density at radius 1 is 0.600 bits per heavy atom. The molecule has 0 radical (unpaired) electrons. The SMILES string of the molecule is Cc1c(-c2ccc3nnc(NCc4ccc(B5OC(C)(C)C(C)(C)O5)cc4F)n3c2)ccc2nnc(NCc3ccc(B4OC(C)(C)C(C)(C)O4)cc3F)n12. The number of fused-ring (bicyclic) bond motifs is 2. The molecule has 4 aromatic heterocycles. The molecule has 2 fully saturated rings. The van der Waals surface area contributed by atoms with Crippen LogP contribution in [0.2, 0.25) is 0 Å². The van der Waals surface area contributed by atoms with Crippen molar-refractivity contribution in [1.29, 1.82) is 0 Å². The zero-order valence-electron chi connectivity index (χ0n) is 32.5. The van der Waals surface area contributed by atoms with Crippen LogP contribution in [-0.2, 0) is 31.7 Å². The van der Waals surface area contributed by atoms with E-state index in [1.807, 2.05) is 114 Å². The molecule has 12 nitrogen and oxygen atoms in total. The second-order valence-corrected chi connectivity index (χ2v) is 16.3. The quantitative estimate of drug-likeness (QED) is 0.174. The van der Waals surface area contributed by atoms with Crippen LogP contribution < -0.4 is 21.6 Å². The molecule has 2 aromatic carbocycles. The summed E-state index contributed by atoms with van der Waals surface area (Å²) in [7, 11) is -1.30. The summed E-state index contributed by atoms with van der Waals surface area (Å²) in [5.41, 5.74) is 4.02. The zero-order valence-corrected chi connectivity index (χ0v) is 32.5. The predicted octanol–water partition coefficient (Wildman–Crippen LogP) is 5.85. The Bertz CT molecular complexity index is 2420. The highest BCUT2D eigenvalue weighted by Gasteiger charge is 2.52. The molecule has 6 heterocycles. The summed E-state index contributed by atoms with van der Waals surface area (Å²) in [5, 5.41) is 23.8. The molecule has 0 unspecified atom stereocenters. The Morgan fingerprint density at radius 2 is 1.07 bits per heavy atom. The zero-order chi connectivity index (χ0) is 39.1. The fraction of sp³-hybridized carbons (Fsp3) is 0.385. The van der Waals surface area contributed by atoms with Crippen LogP contribution in [0.4, 0.5) is 20.7 Å². The molecule has 0 saturated carbocycles. The van der Waals surface area contributed by atoms with Crippen LogP contribution in [0.15, 0.2) is 66.9 Å². The maximum atomic E-state index is 15.4. The van der Waals surface area contributed by atoms with Gasteiger partial charge in [-0.1, -0.05) is 24.3 Å². The van der Waals surface area contributed by atoms with Gasteiger partial charge in [-0.25, -0.2) is 8.78 Å². The van der Waals surface area contributed by atoms with Crippen molar-refractivity contribution in [2.75, 3.05) is 10.6 Å². The Labute approximate surface area is 319 Å². The summed E-state index contributed by atoms with van der Waals surface area (Å²) >= 11 is 0. The largest absolute Gasteiger partial charge is 0.494 e. The Balaban J connectivity index is 0.982. The molecule has 8 rings (SSSR count). The van der Waals surface area contributed by atoms with Gasteiger partial charge in [0, 0.05) is 47.2 Å². The van der Waals surface area contributed by atoms with Crippen molar-refractivity contribution in [3.05, 3.63) is 95.3 Å². The summed E-state index contributed by atoms with van der Waals surface area (Å²) in [6.45, 7) is 18.1. The third kappa shape index (κ3) is 6.54. The summed E-state index contributed by atoms with van der Waals surface area (Å²) in [4.78, 5) is 0. The minimum atomic E-state index is -0.651. The monoisotopic (exact) mass is 748 g/mol. The Morgan fingerprint density at radius 3 is 1.60 bits per heavy atom. The minimum Gasteiger partial charge on any atom is -0.399 e. The van der Waals surface area contributed by atoms with Crippen molar-refractivity contribution in [1.82, 2.24) is 29.2 Å². The number of pyridine rings is 2. The molecule has 0 aliphatic carbocycles. The number of nitrogens with one attached hydrogen (secondary N) is 2. The third-order valence-electron chi connectivity index (χ3n) is 11.6. The summed E-state index contributed by atoms with van der Waals surface area (Å²) in [5.74, 6) is 0.183. The van der Waals surface area contributed by atoms with E-state index in [2.05, 4.69) is 31.0 Å². The molecule has 2 saturated heterocycles. The van der Waals surface area contributed by atoms with Crippen LogP contribution in [0.1, 0.15) is 72.2 Å². The van der Waals surface area contributed by atoms with Crippen LogP contribution in [-0.4, -0.2) is 65.8 Å². The molecule has 55 heavy (non-hydrogen) atoms. The van der Waals surface area contributed by atoms with E-state index in [0.717, 1.165) is 16.8 Å². The first-order chi connectivity index (χ1) is 25.9. The van der Waals surface area contributed by atoms with Gasteiger partial charge in [0.2, 0.25) is 11.9 Å². The standard InChI is InChI=1S/C39H44B2F2N8O4/c1-23-29(15-17-33-47-49-35(51(23)33)45-21-25-11-14-28(19-31(25)43)41-54-38(6,7)39(8,9)55-41)26-12-16-32-46-48-34(50(32)22-26)44-20-24-10-13-27(18-30(24)42)40-52-36(2,3)37(4,5)53-40/h10-19,22H,20-21H2,1-9H3,(H,44,48)(H,45,49). The third-order valence-corrected chi connectivity index (χ3v) is 11.6.